The molecule has 0 atom stereocenters. The molecule has 0 fully saturated rings. The number of hydrogen-bond acceptors (Lipinski definition) is 3. The number of aromatic nitrogens is 1. The summed E-state index contributed by atoms with van der Waals surface area (Å²) in [5, 5.41) is 9.80. The third-order valence-electron chi connectivity index (χ3n) is 2.11. The van der Waals surface area contributed by atoms with Crippen molar-refractivity contribution in [2.24, 2.45) is 0 Å². The Hall–Kier alpha value is -1.13. The average molecular weight is 253 g/mol. The number of pyridine rings is 1. The highest BCUT2D eigenvalue weighted by molar-refractivity contribution is 9.10. The summed E-state index contributed by atoms with van der Waals surface area (Å²) in [6.45, 7) is 1.93. The zero-order chi connectivity index (χ0) is 10.1. The van der Waals surface area contributed by atoms with Gasteiger partial charge in [0.2, 0.25) is 0 Å². The van der Waals surface area contributed by atoms with Crippen LogP contribution in [0, 0.1) is 6.92 Å². The van der Waals surface area contributed by atoms with E-state index in [0.717, 1.165) is 21.1 Å². The van der Waals surface area contributed by atoms with Crippen LogP contribution in [-0.2, 0) is 0 Å². The quantitative estimate of drug-likeness (QED) is 0.767. The lowest BCUT2D eigenvalue weighted by Gasteiger charge is -2.06. The van der Waals surface area contributed by atoms with Gasteiger partial charge in [-0.1, -0.05) is 6.07 Å². The largest absolute Gasteiger partial charge is 0.291 e. The van der Waals surface area contributed by atoms with Crippen molar-refractivity contribution in [1.82, 2.24) is 4.98 Å². The van der Waals surface area contributed by atoms with Crippen LogP contribution >= 0.6 is 15.9 Å². The molecule has 0 unspecified atom stereocenters. The highest BCUT2D eigenvalue weighted by atomic mass is 79.9. The fourth-order valence-electron chi connectivity index (χ4n) is 1.36. The molecule has 1 aromatic carbocycles. The van der Waals surface area contributed by atoms with E-state index < -0.39 is 0 Å². The number of benzene rings is 1. The number of nitrogens with zero attached hydrogens (tertiary/aromatic N) is 1. The number of halogens is 1. The lowest BCUT2D eigenvalue weighted by atomic mass is 10.2. The lowest BCUT2D eigenvalue weighted by Crippen LogP contribution is -1.92. The van der Waals surface area contributed by atoms with E-state index in [-0.39, 0.29) is 0 Å². The molecule has 0 aliphatic carbocycles. The van der Waals surface area contributed by atoms with Crippen LogP contribution < -0.4 is 5.48 Å². The topological polar surface area (TPSA) is 45.2 Å². The zero-order valence-corrected chi connectivity index (χ0v) is 9.17. The van der Waals surface area contributed by atoms with Crippen molar-refractivity contribution >= 4 is 32.5 Å². The molecule has 0 spiro atoms. The molecule has 2 rings (SSSR count). The van der Waals surface area contributed by atoms with E-state index in [1.54, 1.807) is 6.07 Å². The predicted molar refractivity (Wildman–Crippen MR) is 59.6 cm³/mol. The van der Waals surface area contributed by atoms with Crippen molar-refractivity contribution in [1.29, 1.82) is 0 Å². The monoisotopic (exact) mass is 252 g/mol. The Morgan fingerprint density at radius 3 is 2.93 bits per heavy atom. The van der Waals surface area contributed by atoms with E-state index >= 15 is 0 Å². The first kappa shape index (κ1) is 9.43. The Bertz CT molecular complexity index is 485. The molecule has 3 nitrogen and oxygen atoms in total. The molecule has 1 aromatic heterocycles. The summed E-state index contributed by atoms with van der Waals surface area (Å²) in [6.07, 6.45) is 0. The van der Waals surface area contributed by atoms with Gasteiger partial charge in [-0.3, -0.25) is 15.7 Å². The first-order chi connectivity index (χ1) is 6.72. The number of fused-ring (bicyclic) bond motifs is 1. The lowest BCUT2D eigenvalue weighted by molar-refractivity contribution is 0.390. The Labute approximate surface area is 89.9 Å². The number of anilines is 1. The molecule has 2 aromatic rings. The molecule has 2 N–H and O–H groups in total. The van der Waals surface area contributed by atoms with Gasteiger partial charge in [-0.05, 0) is 41.1 Å². The Morgan fingerprint density at radius 2 is 2.21 bits per heavy atom. The van der Waals surface area contributed by atoms with Gasteiger partial charge >= 0.3 is 0 Å². The second kappa shape index (κ2) is 3.55. The van der Waals surface area contributed by atoms with Gasteiger partial charge in [0, 0.05) is 9.86 Å². The standard InChI is InChI=1S/C10H9BrN2O/c1-6-8(11)5-7-9(12-6)3-2-4-10(7)13-14/h2-5,13-14H,1H3. The van der Waals surface area contributed by atoms with E-state index in [9.17, 15) is 0 Å². The SMILES string of the molecule is Cc1nc2cccc(NO)c2cc1Br. The van der Waals surface area contributed by atoms with Crippen molar-refractivity contribution < 1.29 is 5.21 Å². The van der Waals surface area contributed by atoms with Crippen molar-refractivity contribution in [3.05, 3.63) is 34.4 Å². The fraction of sp³-hybridized carbons (Fsp3) is 0.100. The molecular weight excluding hydrogens is 244 g/mol. The van der Waals surface area contributed by atoms with Gasteiger partial charge in [-0.15, -0.1) is 0 Å². The molecular formula is C10H9BrN2O. The Morgan fingerprint density at radius 1 is 1.43 bits per heavy atom. The molecule has 14 heavy (non-hydrogen) atoms. The van der Waals surface area contributed by atoms with Crippen LogP contribution in [0.25, 0.3) is 10.9 Å². The van der Waals surface area contributed by atoms with Crippen LogP contribution in [0.3, 0.4) is 0 Å². The van der Waals surface area contributed by atoms with Gasteiger partial charge in [0.05, 0.1) is 16.9 Å². The van der Waals surface area contributed by atoms with Gasteiger partial charge in [0.15, 0.2) is 0 Å². The van der Waals surface area contributed by atoms with Crippen molar-refractivity contribution in [3.63, 3.8) is 0 Å². The Balaban J connectivity index is 2.81. The van der Waals surface area contributed by atoms with Crippen molar-refractivity contribution in [2.45, 2.75) is 6.92 Å². The molecule has 0 aliphatic heterocycles. The van der Waals surface area contributed by atoms with Crippen LogP contribution in [0.5, 0.6) is 0 Å². The number of aryl methyl sites for hydroxylation is 1. The van der Waals surface area contributed by atoms with Gasteiger partial charge in [-0.2, -0.15) is 0 Å². The van der Waals surface area contributed by atoms with Gasteiger partial charge in [0.1, 0.15) is 0 Å². The van der Waals surface area contributed by atoms with Crippen LogP contribution in [0.1, 0.15) is 5.69 Å². The minimum Gasteiger partial charge on any atom is -0.291 e. The van der Waals surface area contributed by atoms with Crippen LogP contribution in [0.2, 0.25) is 0 Å². The second-order valence-electron chi connectivity index (χ2n) is 3.04. The maximum absolute atomic E-state index is 8.90. The summed E-state index contributed by atoms with van der Waals surface area (Å²) in [4.78, 5) is 4.39. The summed E-state index contributed by atoms with van der Waals surface area (Å²) in [6, 6.07) is 7.50. The number of hydrogen-bond donors (Lipinski definition) is 2. The highest BCUT2D eigenvalue weighted by Gasteiger charge is 2.03. The summed E-state index contributed by atoms with van der Waals surface area (Å²) in [7, 11) is 0. The summed E-state index contributed by atoms with van der Waals surface area (Å²) in [5.74, 6) is 0. The van der Waals surface area contributed by atoms with Crippen molar-refractivity contribution in [3.8, 4) is 0 Å². The van der Waals surface area contributed by atoms with Gasteiger partial charge < -0.3 is 0 Å². The summed E-state index contributed by atoms with van der Waals surface area (Å²) in [5.41, 5.74) is 4.62. The molecule has 1 heterocycles. The maximum atomic E-state index is 8.90. The molecule has 0 aliphatic rings. The highest BCUT2D eigenvalue weighted by Crippen LogP contribution is 2.26. The third-order valence-corrected chi connectivity index (χ3v) is 2.91. The molecule has 0 saturated carbocycles. The fourth-order valence-corrected chi connectivity index (χ4v) is 1.68. The molecule has 0 amide bonds. The van der Waals surface area contributed by atoms with Gasteiger partial charge in [0.25, 0.3) is 0 Å². The van der Waals surface area contributed by atoms with E-state index in [1.165, 1.54) is 0 Å². The van der Waals surface area contributed by atoms with Gasteiger partial charge in [-0.25, -0.2) is 0 Å². The average Bonchev–Trinajstić information content (AvgIpc) is 2.19. The molecule has 0 radical (unpaired) electrons. The third kappa shape index (κ3) is 1.47. The second-order valence-corrected chi connectivity index (χ2v) is 3.89. The summed E-state index contributed by atoms with van der Waals surface area (Å²) < 4.78 is 0.938. The minimum atomic E-state index is 0.663. The molecule has 0 bridgehead atoms. The maximum Gasteiger partial charge on any atom is 0.0727 e. The first-order valence-corrected chi connectivity index (χ1v) is 4.97. The van der Waals surface area contributed by atoms with E-state index in [1.807, 2.05) is 25.1 Å². The van der Waals surface area contributed by atoms with Crippen LogP contribution in [0.15, 0.2) is 28.7 Å². The molecule has 0 saturated heterocycles. The number of rotatable bonds is 1. The van der Waals surface area contributed by atoms with Crippen molar-refractivity contribution in [2.75, 3.05) is 5.48 Å². The molecule has 4 heteroatoms. The van der Waals surface area contributed by atoms with E-state index in [0.29, 0.717) is 5.69 Å². The predicted octanol–water partition coefficient (Wildman–Crippen LogP) is 3.11. The van der Waals surface area contributed by atoms with Crippen LogP contribution in [-0.4, -0.2) is 10.2 Å². The smallest absolute Gasteiger partial charge is 0.0727 e. The normalized spacial score (nSPS) is 10.5. The Kier molecular flexibility index (Phi) is 2.39. The minimum absolute atomic E-state index is 0.663. The van der Waals surface area contributed by atoms with E-state index in [4.69, 9.17) is 5.21 Å². The number of nitrogens with one attached hydrogen (secondary N) is 1. The van der Waals surface area contributed by atoms with Crippen LogP contribution in [0.4, 0.5) is 5.69 Å². The summed E-state index contributed by atoms with van der Waals surface area (Å²) >= 11 is 3.41. The first-order valence-electron chi connectivity index (χ1n) is 4.18. The van der Waals surface area contributed by atoms with E-state index in [2.05, 4.69) is 26.4 Å². The zero-order valence-electron chi connectivity index (χ0n) is 7.58. The molecule has 72 valence electrons.